The van der Waals surface area contributed by atoms with Crippen molar-refractivity contribution < 1.29 is 22.7 Å². The molecule has 0 bridgehead atoms. The van der Waals surface area contributed by atoms with Gasteiger partial charge in [0.15, 0.2) is 17.3 Å². The number of carbonyl (C=O) groups is 1. The summed E-state index contributed by atoms with van der Waals surface area (Å²) < 4.78 is 36.0. The fraction of sp³-hybridized carbons (Fsp3) is 0.474. The molecule has 2 aliphatic rings. The Morgan fingerprint density at radius 3 is 2.83 bits per heavy atom. The topological polar surface area (TPSA) is 114 Å². The molecule has 1 aliphatic carbocycles. The molecule has 1 amide bonds. The average Bonchev–Trinajstić information content (AvgIpc) is 3.08. The molecular weight excluding hydrogens is 396 g/mol. The normalized spacial score (nSPS) is 18.4. The Morgan fingerprint density at radius 1 is 1.31 bits per heavy atom. The number of hydrogen-bond donors (Lipinski definition) is 2. The minimum Gasteiger partial charge on any atom is -0.486 e. The van der Waals surface area contributed by atoms with Gasteiger partial charge in [-0.15, -0.1) is 0 Å². The van der Waals surface area contributed by atoms with E-state index in [4.69, 9.17) is 9.47 Å². The predicted octanol–water partition coefficient (Wildman–Crippen LogP) is 1.11. The molecule has 2 aromatic rings. The Hall–Kier alpha value is -2.59. The molecule has 156 valence electrons. The minimum atomic E-state index is -3.25. The van der Waals surface area contributed by atoms with Gasteiger partial charge < -0.3 is 14.8 Å². The first-order valence-electron chi connectivity index (χ1n) is 9.49. The van der Waals surface area contributed by atoms with Crippen LogP contribution in [-0.2, 0) is 34.1 Å². The Bertz CT molecular complexity index is 1030. The van der Waals surface area contributed by atoms with E-state index < -0.39 is 10.0 Å². The van der Waals surface area contributed by atoms with E-state index >= 15 is 0 Å². The lowest BCUT2D eigenvalue weighted by Gasteiger charge is -2.29. The number of hydrogen-bond acceptors (Lipinski definition) is 6. The van der Waals surface area contributed by atoms with E-state index in [1.54, 1.807) is 7.05 Å². The smallest absolute Gasteiger partial charge is 0.230 e. The Kier molecular flexibility index (Phi) is 5.22. The Morgan fingerprint density at radius 2 is 2.07 bits per heavy atom. The lowest BCUT2D eigenvalue weighted by molar-refractivity contribution is -0.115. The molecule has 1 unspecified atom stereocenters. The van der Waals surface area contributed by atoms with E-state index in [0.717, 1.165) is 16.8 Å². The molecule has 1 atom stereocenters. The third-order valence-corrected chi connectivity index (χ3v) is 6.73. The minimum absolute atomic E-state index is 0.112. The summed E-state index contributed by atoms with van der Waals surface area (Å²) >= 11 is 0. The number of anilines is 1. The van der Waals surface area contributed by atoms with E-state index in [1.807, 2.05) is 18.2 Å². The van der Waals surface area contributed by atoms with Crippen LogP contribution in [-0.4, -0.2) is 61.4 Å². The zero-order chi connectivity index (χ0) is 20.6. The highest BCUT2D eigenvalue weighted by Gasteiger charge is 2.30. The quantitative estimate of drug-likeness (QED) is 0.749. The maximum atomic E-state index is 12.5. The molecule has 1 aromatic heterocycles. The average molecular weight is 420 g/mol. The van der Waals surface area contributed by atoms with Gasteiger partial charge in [0.2, 0.25) is 15.9 Å². The SMILES string of the molecule is CN(C1CCc2c(NC(=O)Cc3ccc4c(c3)OCCO4)n[nH]c2C1)S(C)(=O)=O. The zero-order valence-corrected chi connectivity index (χ0v) is 17.2. The number of ether oxygens (including phenoxy) is 2. The number of carbonyl (C=O) groups excluding carboxylic acids is 1. The van der Waals surface area contributed by atoms with Crippen LogP contribution in [0.2, 0.25) is 0 Å². The van der Waals surface area contributed by atoms with Crippen molar-refractivity contribution in [1.82, 2.24) is 14.5 Å². The van der Waals surface area contributed by atoms with Gasteiger partial charge in [0.25, 0.3) is 0 Å². The highest BCUT2D eigenvalue weighted by atomic mass is 32.2. The maximum absolute atomic E-state index is 12.5. The van der Waals surface area contributed by atoms with Gasteiger partial charge in [-0.25, -0.2) is 12.7 Å². The number of benzene rings is 1. The van der Waals surface area contributed by atoms with Crippen LogP contribution in [0.4, 0.5) is 5.82 Å². The molecule has 9 nitrogen and oxygen atoms in total. The van der Waals surface area contributed by atoms with Crippen LogP contribution >= 0.6 is 0 Å². The first-order chi connectivity index (χ1) is 13.8. The second-order valence-corrected chi connectivity index (χ2v) is 9.45. The number of likely N-dealkylation sites (N-methyl/N-ethyl adjacent to an activating group) is 1. The first-order valence-corrected chi connectivity index (χ1v) is 11.3. The van der Waals surface area contributed by atoms with Gasteiger partial charge in [-0.2, -0.15) is 5.10 Å². The largest absolute Gasteiger partial charge is 0.486 e. The van der Waals surface area contributed by atoms with Crippen molar-refractivity contribution in [3.05, 3.63) is 35.0 Å². The van der Waals surface area contributed by atoms with Gasteiger partial charge in [0.1, 0.15) is 13.2 Å². The van der Waals surface area contributed by atoms with E-state index in [0.29, 0.717) is 49.8 Å². The van der Waals surface area contributed by atoms with Crippen molar-refractivity contribution in [1.29, 1.82) is 0 Å². The highest BCUT2D eigenvalue weighted by molar-refractivity contribution is 7.88. The van der Waals surface area contributed by atoms with Crippen molar-refractivity contribution in [3.8, 4) is 11.5 Å². The van der Waals surface area contributed by atoms with Gasteiger partial charge in [-0.3, -0.25) is 9.89 Å². The molecule has 10 heteroatoms. The van der Waals surface area contributed by atoms with E-state index in [2.05, 4.69) is 15.5 Å². The summed E-state index contributed by atoms with van der Waals surface area (Å²) in [5.41, 5.74) is 2.64. The van der Waals surface area contributed by atoms with Gasteiger partial charge >= 0.3 is 0 Å². The fourth-order valence-electron chi connectivity index (χ4n) is 3.73. The zero-order valence-electron chi connectivity index (χ0n) is 16.4. The van der Waals surface area contributed by atoms with Crippen LogP contribution < -0.4 is 14.8 Å². The molecule has 1 aliphatic heterocycles. The van der Waals surface area contributed by atoms with Crippen LogP contribution in [0.5, 0.6) is 11.5 Å². The van der Waals surface area contributed by atoms with Crippen molar-refractivity contribution >= 4 is 21.7 Å². The van der Waals surface area contributed by atoms with Crippen LogP contribution in [0.1, 0.15) is 23.2 Å². The number of rotatable bonds is 5. The summed E-state index contributed by atoms with van der Waals surface area (Å²) in [4.78, 5) is 12.5. The molecule has 2 heterocycles. The molecular formula is C19H24N4O5S. The van der Waals surface area contributed by atoms with Gasteiger partial charge in [-0.05, 0) is 30.5 Å². The number of fused-ring (bicyclic) bond motifs is 2. The number of aromatic amines is 1. The Balaban J connectivity index is 1.41. The van der Waals surface area contributed by atoms with E-state index in [1.165, 1.54) is 10.6 Å². The highest BCUT2D eigenvalue weighted by Crippen LogP contribution is 2.31. The van der Waals surface area contributed by atoms with Crippen molar-refractivity contribution in [2.45, 2.75) is 31.7 Å². The van der Waals surface area contributed by atoms with E-state index in [9.17, 15) is 13.2 Å². The molecule has 4 rings (SSSR count). The fourth-order valence-corrected chi connectivity index (χ4v) is 4.45. The number of nitrogens with one attached hydrogen (secondary N) is 2. The summed E-state index contributed by atoms with van der Waals surface area (Å²) in [6.07, 6.45) is 3.28. The molecule has 29 heavy (non-hydrogen) atoms. The summed E-state index contributed by atoms with van der Waals surface area (Å²) in [5, 5.41) is 10.1. The second-order valence-electron chi connectivity index (χ2n) is 7.41. The lowest BCUT2D eigenvalue weighted by Crippen LogP contribution is -2.40. The van der Waals surface area contributed by atoms with Crippen LogP contribution in [0.25, 0.3) is 0 Å². The number of amides is 1. The molecule has 0 fully saturated rings. The van der Waals surface area contributed by atoms with Crippen LogP contribution in [0.15, 0.2) is 18.2 Å². The summed E-state index contributed by atoms with van der Waals surface area (Å²) in [6, 6.07) is 5.36. The van der Waals surface area contributed by atoms with Crippen LogP contribution in [0.3, 0.4) is 0 Å². The third kappa shape index (κ3) is 4.23. The summed E-state index contributed by atoms with van der Waals surface area (Å²) in [5.74, 6) is 1.68. The first kappa shape index (κ1) is 19.7. The van der Waals surface area contributed by atoms with Gasteiger partial charge in [-0.1, -0.05) is 6.07 Å². The van der Waals surface area contributed by atoms with Crippen molar-refractivity contribution in [2.75, 3.05) is 31.8 Å². The van der Waals surface area contributed by atoms with Crippen LogP contribution in [0, 0.1) is 0 Å². The molecule has 0 spiro atoms. The van der Waals surface area contributed by atoms with Crippen molar-refractivity contribution in [3.63, 3.8) is 0 Å². The molecule has 1 aromatic carbocycles. The van der Waals surface area contributed by atoms with E-state index in [-0.39, 0.29) is 18.4 Å². The second kappa shape index (κ2) is 7.68. The number of nitrogens with zero attached hydrogens (tertiary/aromatic N) is 2. The molecule has 0 saturated carbocycles. The lowest BCUT2D eigenvalue weighted by atomic mass is 9.93. The maximum Gasteiger partial charge on any atom is 0.230 e. The number of aromatic nitrogens is 2. The molecule has 0 saturated heterocycles. The molecule has 0 radical (unpaired) electrons. The van der Waals surface area contributed by atoms with Crippen molar-refractivity contribution in [2.24, 2.45) is 0 Å². The predicted molar refractivity (Wildman–Crippen MR) is 107 cm³/mol. The molecule has 2 N–H and O–H groups in total. The summed E-state index contributed by atoms with van der Waals surface area (Å²) in [6.45, 7) is 1.02. The Labute approximate surface area is 169 Å². The standard InChI is InChI=1S/C19H24N4O5S/c1-23(29(2,25)26)13-4-5-14-15(11-13)21-22-19(14)20-18(24)10-12-3-6-16-17(9-12)28-8-7-27-16/h3,6,9,13H,4-5,7-8,10-11H2,1-2H3,(H2,20,21,22,24). The number of H-pyrrole nitrogens is 1. The van der Waals surface area contributed by atoms with Gasteiger partial charge in [0, 0.05) is 30.8 Å². The van der Waals surface area contributed by atoms with Gasteiger partial charge in [0.05, 0.1) is 12.7 Å². The third-order valence-electron chi connectivity index (χ3n) is 5.39. The summed E-state index contributed by atoms with van der Waals surface area (Å²) in [7, 11) is -1.65. The monoisotopic (exact) mass is 420 g/mol. The number of sulfonamides is 1.